The van der Waals surface area contributed by atoms with E-state index in [0.29, 0.717) is 30.2 Å². The minimum Gasteiger partial charge on any atom is -0.488 e. The molecule has 1 aromatic carbocycles. The summed E-state index contributed by atoms with van der Waals surface area (Å²) >= 11 is 6.10. The van der Waals surface area contributed by atoms with Crippen molar-refractivity contribution in [2.45, 2.75) is 25.2 Å². The molecule has 0 amide bonds. The first-order valence-corrected chi connectivity index (χ1v) is 6.14. The number of hydrogen-bond donors (Lipinski definition) is 1. The molecule has 0 aliphatic heterocycles. The maximum absolute atomic E-state index is 11.2. The highest BCUT2D eigenvalue weighted by atomic mass is 35.5. The van der Waals surface area contributed by atoms with Gasteiger partial charge in [0.25, 0.3) is 0 Å². The van der Waals surface area contributed by atoms with Gasteiger partial charge in [-0.2, -0.15) is 0 Å². The fourth-order valence-electron chi connectivity index (χ4n) is 1.87. The zero-order chi connectivity index (χ0) is 13.3. The number of carbonyl (C=O) groups is 1. The van der Waals surface area contributed by atoms with Gasteiger partial charge in [0.1, 0.15) is 12.4 Å². The Labute approximate surface area is 111 Å². The summed E-state index contributed by atoms with van der Waals surface area (Å²) in [5.74, 6) is -0.223. The number of ether oxygens (including phenoxy) is 1. The van der Waals surface area contributed by atoms with Crippen molar-refractivity contribution in [2.75, 3.05) is 6.61 Å². The molecule has 1 fully saturated rings. The molecule has 0 heterocycles. The molecule has 0 unspecified atom stereocenters. The van der Waals surface area contributed by atoms with Gasteiger partial charge in [0.15, 0.2) is 0 Å². The van der Waals surface area contributed by atoms with Crippen molar-refractivity contribution in [3.05, 3.63) is 40.9 Å². The zero-order valence-corrected chi connectivity index (χ0v) is 11.0. The summed E-state index contributed by atoms with van der Waals surface area (Å²) in [6, 6.07) is 5.20. The van der Waals surface area contributed by atoms with E-state index in [0.717, 1.165) is 11.1 Å². The van der Waals surface area contributed by atoms with Crippen LogP contribution in [-0.4, -0.2) is 17.7 Å². The van der Waals surface area contributed by atoms with Gasteiger partial charge >= 0.3 is 5.97 Å². The molecule has 0 radical (unpaired) electrons. The SMILES string of the molecule is C=C(C)COc1ccc(C2(C(=O)O)CC2)cc1Cl. The van der Waals surface area contributed by atoms with Crippen molar-refractivity contribution in [3.8, 4) is 5.75 Å². The second-order valence-corrected chi connectivity index (χ2v) is 5.19. The van der Waals surface area contributed by atoms with Crippen molar-refractivity contribution in [2.24, 2.45) is 0 Å². The number of hydrogen-bond acceptors (Lipinski definition) is 2. The first-order valence-electron chi connectivity index (χ1n) is 5.76. The summed E-state index contributed by atoms with van der Waals surface area (Å²) in [5.41, 5.74) is 0.929. The molecule has 3 nitrogen and oxygen atoms in total. The minimum absolute atomic E-state index is 0.406. The molecule has 1 N–H and O–H groups in total. The van der Waals surface area contributed by atoms with Crippen molar-refractivity contribution >= 4 is 17.6 Å². The molecule has 96 valence electrons. The van der Waals surface area contributed by atoms with Gasteiger partial charge in [0.2, 0.25) is 0 Å². The van der Waals surface area contributed by atoms with Crippen LogP contribution in [0.4, 0.5) is 0 Å². The fraction of sp³-hybridized carbons (Fsp3) is 0.357. The molecule has 0 aromatic heterocycles. The van der Waals surface area contributed by atoms with E-state index in [-0.39, 0.29) is 0 Å². The van der Waals surface area contributed by atoms with Crippen LogP contribution in [0.3, 0.4) is 0 Å². The minimum atomic E-state index is -0.783. The molecule has 0 atom stereocenters. The molecule has 1 aliphatic rings. The molecule has 1 aromatic rings. The maximum Gasteiger partial charge on any atom is 0.314 e. The van der Waals surface area contributed by atoms with E-state index in [1.807, 2.05) is 6.92 Å². The predicted molar refractivity (Wildman–Crippen MR) is 70.3 cm³/mol. The summed E-state index contributed by atoms with van der Waals surface area (Å²) in [6.07, 6.45) is 1.34. The van der Waals surface area contributed by atoms with Crippen LogP contribution in [0.1, 0.15) is 25.3 Å². The lowest BCUT2D eigenvalue weighted by Gasteiger charge is -2.13. The molecule has 0 bridgehead atoms. The quantitative estimate of drug-likeness (QED) is 0.831. The molecule has 4 heteroatoms. The molecule has 1 saturated carbocycles. The van der Waals surface area contributed by atoms with E-state index in [9.17, 15) is 9.90 Å². The van der Waals surface area contributed by atoms with Gasteiger partial charge in [-0.15, -0.1) is 0 Å². The van der Waals surface area contributed by atoms with Gasteiger partial charge in [-0.25, -0.2) is 0 Å². The van der Waals surface area contributed by atoms with E-state index in [2.05, 4.69) is 6.58 Å². The Hall–Kier alpha value is -1.48. The normalized spacial score (nSPS) is 16.1. The Morgan fingerprint density at radius 1 is 1.56 bits per heavy atom. The van der Waals surface area contributed by atoms with Crippen LogP contribution in [0.15, 0.2) is 30.4 Å². The maximum atomic E-state index is 11.2. The molecular weight excluding hydrogens is 252 g/mol. The summed E-state index contributed by atoms with van der Waals surface area (Å²) in [7, 11) is 0. The van der Waals surface area contributed by atoms with Crippen LogP contribution in [0.5, 0.6) is 5.75 Å². The molecule has 18 heavy (non-hydrogen) atoms. The third-order valence-electron chi connectivity index (χ3n) is 3.12. The molecular formula is C14H15ClO3. The van der Waals surface area contributed by atoms with Gasteiger partial charge < -0.3 is 9.84 Å². The molecule has 0 saturated heterocycles. The van der Waals surface area contributed by atoms with Gasteiger partial charge in [0, 0.05) is 0 Å². The summed E-state index contributed by atoms with van der Waals surface area (Å²) in [4.78, 5) is 11.2. The van der Waals surface area contributed by atoms with Crippen molar-refractivity contribution in [1.29, 1.82) is 0 Å². The van der Waals surface area contributed by atoms with Crippen molar-refractivity contribution in [3.63, 3.8) is 0 Å². The van der Waals surface area contributed by atoms with E-state index >= 15 is 0 Å². The summed E-state index contributed by atoms with van der Waals surface area (Å²) < 4.78 is 5.47. The van der Waals surface area contributed by atoms with Gasteiger partial charge in [-0.3, -0.25) is 4.79 Å². The second kappa shape index (κ2) is 4.65. The number of halogens is 1. The number of carboxylic acids is 1. The van der Waals surface area contributed by atoms with Crippen LogP contribution < -0.4 is 4.74 Å². The van der Waals surface area contributed by atoms with E-state index in [1.165, 1.54) is 0 Å². The Morgan fingerprint density at radius 3 is 2.67 bits per heavy atom. The lowest BCUT2D eigenvalue weighted by molar-refractivity contribution is -0.140. The number of benzene rings is 1. The Bertz CT molecular complexity index is 504. The Kier molecular flexibility index (Phi) is 3.35. The average molecular weight is 267 g/mol. The molecule has 0 spiro atoms. The lowest BCUT2D eigenvalue weighted by Crippen LogP contribution is -2.19. The second-order valence-electron chi connectivity index (χ2n) is 4.78. The summed E-state index contributed by atoms with van der Waals surface area (Å²) in [5, 5.41) is 9.65. The van der Waals surface area contributed by atoms with Crippen molar-refractivity contribution < 1.29 is 14.6 Å². The summed E-state index contributed by atoms with van der Waals surface area (Å²) in [6.45, 7) is 6.02. The predicted octanol–water partition coefficient (Wildman–Crippen LogP) is 3.41. The van der Waals surface area contributed by atoms with Crippen LogP contribution >= 0.6 is 11.6 Å². The van der Waals surface area contributed by atoms with Gasteiger partial charge in [-0.1, -0.05) is 24.2 Å². The highest BCUT2D eigenvalue weighted by molar-refractivity contribution is 6.32. The molecule has 2 rings (SSSR count). The topological polar surface area (TPSA) is 46.5 Å². The number of carboxylic acid groups (broad SMARTS) is 1. The van der Waals surface area contributed by atoms with E-state index in [4.69, 9.17) is 16.3 Å². The first kappa shape index (κ1) is 13.0. The van der Waals surface area contributed by atoms with Crippen molar-refractivity contribution in [1.82, 2.24) is 0 Å². The monoisotopic (exact) mass is 266 g/mol. The highest BCUT2D eigenvalue weighted by Crippen LogP contribution is 2.49. The number of rotatable bonds is 5. The Balaban J connectivity index is 2.20. The van der Waals surface area contributed by atoms with Crippen LogP contribution in [0.2, 0.25) is 5.02 Å². The van der Waals surface area contributed by atoms with Crippen LogP contribution in [-0.2, 0) is 10.2 Å². The largest absolute Gasteiger partial charge is 0.488 e. The average Bonchev–Trinajstić information content (AvgIpc) is 3.08. The van der Waals surface area contributed by atoms with Gasteiger partial charge in [0.05, 0.1) is 10.4 Å². The first-order chi connectivity index (χ1) is 8.45. The van der Waals surface area contributed by atoms with E-state index < -0.39 is 11.4 Å². The third kappa shape index (κ3) is 2.36. The van der Waals surface area contributed by atoms with Crippen LogP contribution in [0, 0.1) is 0 Å². The van der Waals surface area contributed by atoms with Crippen LogP contribution in [0.25, 0.3) is 0 Å². The third-order valence-corrected chi connectivity index (χ3v) is 3.41. The number of aliphatic carboxylic acids is 1. The zero-order valence-electron chi connectivity index (χ0n) is 10.2. The standard InChI is InChI=1S/C14H15ClO3/c1-9(2)8-18-12-4-3-10(7-11(12)15)14(5-6-14)13(16)17/h3-4,7H,1,5-6,8H2,2H3,(H,16,17). The molecule has 1 aliphatic carbocycles. The highest BCUT2D eigenvalue weighted by Gasteiger charge is 2.51. The lowest BCUT2D eigenvalue weighted by atomic mass is 9.96. The Morgan fingerprint density at radius 2 is 2.22 bits per heavy atom. The smallest absolute Gasteiger partial charge is 0.314 e. The fourth-order valence-corrected chi connectivity index (χ4v) is 2.10. The van der Waals surface area contributed by atoms with E-state index in [1.54, 1.807) is 18.2 Å². The van der Waals surface area contributed by atoms with Gasteiger partial charge in [-0.05, 0) is 43.0 Å².